The predicted octanol–water partition coefficient (Wildman–Crippen LogP) is 0.550. The Morgan fingerprint density at radius 3 is 2.92 bits per heavy atom. The maximum Gasteiger partial charge on any atom is 0.344 e. The molecule has 0 saturated heterocycles. The molecule has 6 nitrogen and oxygen atoms in total. The van der Waals surface area contributed by atoms with Crippen LogP contribution < -0.4 is 5.73 Å². The van der Waals surface area contributed by atoms with E-state index in [1.807, 2.05) is 0 Å². The number of nitro groups is 1. The van der Waals surface area contributed by atoms with Gasteiger partial charge in [-0.1, -0.05) is 0 Å². The van der Waals surface area contributed by atoms with E-state index < -0.39 is 10.8 Å². The summed E-state index contributed by atoms with van der Waals surface area (Å²) >= 11 is 0.878. The number of nitrogens with two attached hydrogens (primary N) is 1. The Bertz CT molecular complexity index is 371. The monoisotopic (exact) mass is 199 g/mol. The third kappa shape index (κ3) is 2.64. The summed E-state index contributed by atoms with van der Waals surface area (Å²) in [4.78, 5) is 23.7. The lowest BCUT2D eigenvalue weighted by Gasteiger charge is -1.79. The minimum Gasteiger partial charge on any atom is -0.366 e. The Kier molecular flexibility index (Phi) is 2.70. The van der Waals surface area contributed by atoms with Gasteiger partial charge in [-0.2, -0.15) is 0 Å². The molecule has 0 aliphatic carbocycles. The Labute approximate surface area is 76.9 Å². The van der Waals surface area contributed by atoms with Crippen molar-refractivity contribution in [3.05, 3.63) is 27.4 Å². The summed E-state index contributed by atoms with van der Waals surface area (Å²) in [6.45, 7) is 0. The number of primary amides is 1. The van der Waals surface area contributed by atoms with Gasteiger partial charge in [0.15, 0.2) is 0 Å². The molecule has 1 rings (SSSR count). The smallest absolute Gasteiger partial charge is 0.344 e. The van der Waals surface area contributed by atoms with Crippen LogP contribution in [0, 0.1) is 10.1 Å². The van der Waals surface area contributed by atoms with Crippen LogP contribution in [0.25, 0.3) is 6.08 Å². The van der Waals surface area contributed by atoms with Crippen LogP contribution in [0.15, 0.2) is 12.3 Å². The highest BCUT2D eigenvalue weighted by atomic mass is 32.1. The lowest BCUT2D eigenvalue weighted by Crippen LogP contribution is -2.04. The maximum absolute atomic E-state index is 10.3. The molecule has 0 saturated carbocycles. The van der Waals surface area contributed by atoms with E-state index >= 15 is 0 Å². The molecule has 0 aliphatic rings. The van der Waals surface area contributed by atoms with Crippen molar-refractivity contribution < 1.29 is 9.72 Å². The number of carbonyl (C=O) groups excluding carboxylic acids is 1. The first-order valence-electron chi connectivity index (χ1n) is 3.17. The van der Waals surface area contributed by atoms with Crippen molar-refractivity contribution in [2.24, 2.45) is 5.73 Å². The average Bonchev–Trinajstić information content (AvgIpc) is 2.48. The SMILES string of the molecule is NC(=O)C=Cc1ncc([N+](=O)[O-])s1. The third-order valence-corrected chi connectivity index (χ3v) is 2.00. The quantitative estimate of drug-likeness (QED) is 0.436. The van der Waals surface area contributed by atoms with Crippen LogP contribution >= 0.6 is 11.3 Å². The normalized spacial score (nSPS) is 10.5. The van der Waals surface area contributed by atoms with Gasteiger partial charge in [-0.25, -0.2) is 4.98 Å². The molecular weight excluding hydrogens is 194 g/mol. The standard InChI is InChI=1S/C6H5N3O3S/c7-4(10)1-2-5-8-3-6(13-5)9(11)12/h1-3H,(H2,7,10). The van der Waals surface area contributed by atoms with Gasteiger partial charge in [0, 0.05) is 6.08 Å². The summed E-state index contributed by atoms with van der Waals surface area (Å²) in [5.41, 5.74) is 4.82. The fraction of sp³-hybridized carbons (Fsp3) is 0. The number of thiazole rings is 1. The van der Waals surface area contributed by atoms with E-state index in [2.05, 4.69) is 4.98 Å². The highest BCUT2D eigenvalue weighted by Gasteiger charge is 2.09. The Morgan fingerprint density at radius 2 is 2.46 bits per heavy atom. The molecule has 2 N–H and O–H groups in total. The molecular formula is C6H5N3O3S. The first-order chi connectivity index (χ1) is 6.09. The second kappa shape index (κ2) is 3.76. The van der Waals surface area contributed by atoms with Gasteiger partial charge in [0.1, 0.15) is 11.2 Å². The molecule has 0 atom stereocenters. The number of carbonyl (C=O) groups is 1. The van der Waals surface area contributed by atoms with E-state index in [4.69, 9.17) is 5.73 Å². The molecule has 0 unspecified atom stereocenters. The molecule has 0 spiro atoms. The van der Waals surface area contributed by atoms with Crippen LogP contribution in [-0.4, -0.2) is 15.8 Å². The first kappa shape index (κ1) is 9.33. The van der Waals surface area contributed by atoms with Crippen molar-refractivity contribution in [1.82, 2.24) is 4.98 Å². The summed E-state index contributed by atoms with van der Waals surface area (Å²) in [6.07, 6.45) is 3.56. The van der Waals surface area contributed by atoms with E-state index in [1.165, 1.54) is 6.08 Å². The summed E-state index contributed by atoms with van der Waals surface area (Å²) in [6, 6.07) is 0. The molecule has 1 aromatic heterocycles. The van der Waals surface area contributed by atoms with E-state index in [-0.39, 0.29) is 5.00 Å². The Morgan fingerprint density at radius 1 is 1.77 bits per heavy atom. The van der Waals surface area contributed by atoms with Crippen molar-refractivity contribution in [2.75, 3.05) is 0 Å². The van der Waals surface area contributed by atoms with Gasteiger partial charge in [0.25, 0.3) is 0 Å². The van der Waals surface area contributed by atoms with Crippen molar-refractivity contribution in [3.63, 3.8) is 0 Å². The summed E-state index contributed by atoms with van der Waals surface area (Å²) < 4.78 is 0. The first-order valence-corrected chi connectivity index (χ1v) is 3.99. The van der Waals surface area contributed by atoms with Crippen LogP contribution in [0.2, 0.25) is 0 Å². The van der Waals surface area contributed by atoms with Crippen molar-refractivity contribution in [2.45, 2.75) is 0 Å². The van der Waals surface area contributed by atoms with Crippen molar-refractivity contribution in [3.8, 4) is 0 Å². The largest absolute Gasteiger partial charge is 0.366 e. The fourth-order valence-electron chi connectivity index (χ4n) is 0.594. The second-order valence-electron chi connectivity index (χ2n) is 2.03. The van der Waals surface area contributed by atoms with Gasteiger partial charge in [0.2, 0.25) is 5.91 Å². The molecule has 0 aliphatic heterocycles. The summed E-state index contributed by atoms with van der Waals surface area (Å²) in [5.74, 6) is -0.613. The molecule has 1 heterocycles. The lowest BCUT2D eigenvalue weighted by molar-refractivity contribution is -0.380. The van der Waals surface area contributed by atoms with Crippen molar-refractivity contribution in [1.29, 1.82) is 0 Å². The van der Waals surface area contributed by atoms with Gasteiger partial charge in [-0.05, 0) is 17.4 Å². The van der Waals surface area contributed by atoms with E-state index in [9.17, 15) is 14.9 Å². The number of hydrogen-bond donors (Lipinski definition) is 1. The number of hydrogen-bond acceptors (Lipinski definition) is 5. The molecule has 0 fully saturated rings. The topological polar surface area (TPSA) is 99.1 Å². The zero-order valence-corrected chi connectivity index (χ0v) is 7.15. The van der Waals surface area contributed by atoms with Crippen LogP contribution in [0.5, 0.6) is 0 Å². The highest BCUT2D eigenvalue weighted by molar-refractivity contribution is 7.15. The van der Waals surface area contributed by atoms with E-state index in [0.717, 1.165) is 23.6 Å². The average molecular weight is 199 g/mol. The molecule has 68 valence electrons. The van der Waals surface area contributed by atoms with Gasteiger partial charge >= 0.3 is 5.00 Å². The summed E-state index contributed by atoms with van der Waals surface area (Å²) in [7, 11) is 0. The van der Waals surface area contributed by atoms with Crippen LogP contribution in [-0.2, 0) is 4.79 Å². The van der Waals surface area contributed by atoms with Crippen LogP contribution in [0.4, 0.5) is 5.00 Å². The maximum atomic E-state index is 10.3. The van der Waals surface area contributed by atoms with Crippen LogP contribution in [0.3, 0.4) is 0 Å². The molecule has 1 amide bonds. The third-order valence-electron chi connectivity index (χ3n) is 1.08. The van der Waals surface area contributed by atoms with E-state index in [0.29, 0.717) is 5.01 Å². The van der Waals surface area contributed by atoms with Gasteiger partial charge < -0.3 is 5.73 Å². The van der Waals surface area contributed by atoms with Gasteiger partial charge in [-0.15, -0.1) is 0 Å². The molecule has 0 aromatic carbocycles. The molecule has 13 heavy (non-hydrogen) atoms. The zero-order chi connectivity index (χ0) is 9.84. The number of nitrogens with zero attached hydrogens (tertiary/aromatic N) is 2. The van der Waals surface area contributed by atoms with Crippen LogP contribution in [0.1, 0.15) is 5.01 Å². The van der Waals surface area contributed by atoms with Gasteiger partial charge in [-0.3, -0.25) is 14.9 Å². The number of rotatable bonds is 3. The van der Waals surface area contributed by atoms with E-state index in [1.54, 1.807) is 0 Å². The molecule has 7 heteroatoms. The second-order valence-corrected chi connectivity index (χ2v) is 3.07. The Hall–Kier alpha value is -1.76. The predicted molar refractivity (Wildman–Crippen MR) is 47.0 cm³/mol. The lowest BCUT2D eigenvalue weighted by atomic mass is 10.5. The zero-order valence-electron chi connectivity index (χ0n) is 6.34. The molecule has 0 bridgehead atoms. The fourth-order valence-corrected chi connectivity index (χ4v) is 1.23. The Balaban J connectivity index is 2.80. The minimum atomic E-state index is -0.613. The summed E-state index contributed by atoms with van der Waals surface area (Å²) in [5, 5.41) is 10.5. The minimum absolute atomic E-state index is 0.0656. The van der Waals surface area contributed by atoms with Gasteiger partial charge in [0.05, 0.1) is 4.92 Å². The van der Waals surface area contributed by atoms with Crippen molar-refractivity contribution >= 4 is 28.3 Å². The number of aromatic nitrogens is 1. The number of amides is 1. The molecule has 0 radical (unpaired) electrons. The highest BCUT2D eigenvalue weighted by Crippen LogP contribution is 2.21. The molecule has 1 aromatic rings.